The maximum absolute atomic E-state index is 13.8. The molecule has 100 valence electrons. The van der Waals surface area contributed by atoms with Gasteiger partial charge in [-0.05, 0) is 36.4 Å². The number of hydrogen-bond acceptors (Lipinski definition) is 1. The van der Waals surface area contributed by atoms with Gasteiger partial charge in [0.2, 0.25) is 0 Å². The second-order valence-electron chi connectivity index (χ2n) is 4.35. The van der Waals surface area contributed by atoms with E-state index in [1.165, 1.54) is 12.1 Å². The average molecular weight is 308 g/mol. The molecule has 20 heavy (non-hydrogen) atoms. The van der Waals surface area contributed by atoms with Crippen molar-refractivity contribution in [3.8, 4) is 0 Å². The van der Waals surface area contributed by atoms with Gasteiger partial charge in [0.05, 0.1) is 5.56 Å². The third-order valence-electron chi connectivity index (χ3n) is 3.06. The zero-order valence-electron chi connectivity index (χ0n) is 10.1. The number of ketones is 1. The maximum Gasteiger partial charge on any atom is 0.198 e. The van der Waals surface area contributed by atoms with Crippen LogP contribution >= 0.6 is 23.2 Å². The van der Waals surface area contributed by atoms with Crippen molar-refractivity contribution in [1.82, 2.24) is 4.98 Å². The molecular weight excluding hydrogens is 300 g/mol. The number of benzene rings is 2. The Bertz CT molecular complexity index is 826. The third kappa shape index (κ3) is 2.19. The normalized spacial score (nSPS) is 10.9. The third-order valence-corrected chi connectivity index (χ3v) is 3.53. The van der Waals surface area contributed by atoms with Crippen LogP contribution in [0, 0.1) is 5.82 Å². The number of carbonyl (C=O) groups excluding carboxylic acids is 1. The molecule has 0 fully saturated rings. The molecule has 1 heterocycles. The highest BCUT2D eigenvalue weighted by Crippen LogP contribution is 2.26. The van der Waals surface area contributed by atoms with Crippen LogP contribution in [0.4, 0.5) is 4.39 Å². The van der Waals surface area contributed by atoms with Crippen molar-refractivity contribution >= 4 is 39.9 Å². The molecule has 3 aromatic rings. The van der Waals surface area contributed by atoms with Crippen LogP contribution < -0.4 is 0 Å². The van der Waals surface area contributed by atoms with E-state index in [1.807, 2.05) is 0 Å². The Morgan fingerprint density at radius 3 is 2.45 bits per heavy atom. The molecule has 0 bridgehead atoms. The summed E-state index contributed by atoms with van der Waals surface area (Å²) in [5.41, 5.74) is 1.13. The summed E-state index contributed by atoms with van der Waals surface area (Å²) in [6.07, 6.45) is 1.55. The molecule has 0 saturated heterocycles. The zero-order chi connectivity index (χ0) is 14.3. The number of nitrogens with one attached hydrogen (secondary N) is 1. The van der Waals surface area contributed by atoms with Crippen molar-refractivity contribution in [2.24, 2.45) is 0 Å². The molecular formula is C15H8Cl2FNO. The zero-order valence-corrected chi connectivity index (χ0v) is 11.6. The summed E-state index contributed by atoms with van der Waals surface area (Å²) in [4.78, 5) is 15.4. The number of carbonyl (C=O) groups is 1. The van der Waals surface area contributed by atoms with Gasteiger partial charge >= 0.3 is 0 Å². The van der Waals surface area contributed by atoms with Crippen molar-refractivity contribution in [3.63, 3.8) is 0 Å². The smallest absolute Gasteiger partial charge is 0.198 e. The molecule has 5 heteroatoms. The summed E-state index contributed by atoms with van der Waals surface area (Å²) < 4.78 is 13.8. The van der Waals surface area contributed by atoms with Crippen LogP contribution in [0.5, 0.6) is 0 Å². The number of halogens is 3. The minimum atomic E-state index is -0.640. The summed E-state index contributed by atoms with van der Waals surface area (Å²) in [5.74, 6) is -1.05. The Morgan fingerprint density at radius 2 is 1.70 bits per heavy atom. The van der Waals surface area contributed by atoms with Gasteiger partial charge in [-0.15, -0.1) is 0 Å². The summed E-state index contributed by atoms with van der Waals surface area (Å²) in [6.45, 7) is 0. The summed E-state index contributed by atoms with van der Waals surface area (Å²) in [7, 11) is 0. The van der Waals surface area contributed by atoms with Crippen molar-refractivity contribution < 1.29 is 9.18 Å². The van der Waals surface area contributed by atoms with Crippen molar-refractivity contribution in [1.29, 1.82) is 0 Å². The quantitative estimate of drug-likeness (QED) is 0.675. The Labute approximate surface area is 124 Å². The van der Waals surface area contributed by atoms with E-state index in [9.17, 15) is 9.18 Å². The molecule has 0 aliphatic heterocycles. The van der Waals surface area contributed by atoms with Gasteiger partial charge in [-0.1, -0.05) is 23.2 Å². The highest BCUT2D eigenvalue weighted by Gasteiger charge is 2.18. The molecule has 2 nitrogen and oxygen atoms in total. The lowest BCUT2D eigenvalue weighted by atomic mass is 10.0. The Kier molecular flexibility index (Phi) is 3.24. The summed E-state index contributed by atoms with van der Waals surface area (Å²) >= 11 is 11.6. The Morgan fingerprint density at radius 1 is 1.00 bits per heavy atom. The van der Waals surface area contributed by atoms with Crippen LogP contribution in [0.1, 0.15) is 15.9 Å². The van der Waals surface area contributed by atoms with Crippen molar-refractivity contribution in [3.05, 3.63) is 69.6 Å². The molecule has 0 saturated carbocycles. The van der Waals surface area contributed by atoms with Gasteiger partial charge in [0, 0.05) is 32.7 Å². The van der Waals surface area contributed by atoms with E-state index in [0.717, 1.165) is 11.6 Å². The maximum atomic E-state index is 13.8. The van der Waals surface area contributed by atoms with E-state index in [0.29, 0.717) is 16.0 Å². The second-order valence-corrected chi connectivity index (χ2v) is 5.22. The van der Waals surface area contributed by atoms with Crippen LogP contribution in [0.2, 0.25) is 10.0 Å². The van der Waals surface area contributed by atoms with E-state index in [4.69, 9.17) is 23.2 Å². The van der Waals surface area contributed by atoms with E-state index in [1.54, 1.807) is 24.4 Å². The molecule has 3 rings (SSSR count). The highest BCUT2D eigenvalue weighted by molar-refractivity contribution is 6.32. The van der Waals surface area contributed by atoms with Gasteiger partial charge in [0.25, 0.3) is 0 Å². The fraction of sp³-hybridized carbons (Fsp3) is 0. The summed E-state index contributed by atoms with van der Waals surface area (Å²) in [6, 6.07) is 9.15. The molecule has 0 spiro atoms. The monoisotopic (exact) mass is 307 g/mol. The topological polar surface area (TPSA) is 32.9 Å². The lowest BCUT2D eigenvalue weighted by Gasteiger charge is -2.02. The standard InChI is InChI=1S/C15H8Cl2FNO/c16-8-2-4-14-11(5-8)12(7-19-14)15(20)10-3-1-9(17)6-13(10)18/h1-7,19H. The van der Waals surface area contributed by atoms with Crippen molar-refractivity contribution in [2.75, 3.05) is 0 Å². The first-order valence-corrected chi connectivity index (χ1v) is 6.58. The predicted octanol–water partition coefficient (Wildman–Crippen LogP) is 4.84. The Balaban J connectivity index is 2.15. The first-order chi connectivity index (χ1) is 9.56. The molecule has 0 aliphatic carbocycles. The molecule has 1 aromatic heterocycles. The van der Waals surface area contributed by atoms with E-state index in [-0.39, 0.29) is 10.6 Å². The minimum Gasteiger partial charge on any atom is -0.360 e. The number of fused-ring (bicyclic) bond motifs is 1. The van der Waals surface area contributed by atoms with E-state index in [2.05, 4.69) is 4.98 Å². The predicted molar refractivity (Wildman–Crippen MR) is 78.2 cm³/mol. The molecule has 0 radical (unpaired) electrons. The lowest BCUT2D eigenvalue weighted by molar-refractivity contribution is 0.103. The van der Waals surface area contributed by atoms with Gasteiger partial charge in [-0.3, -0.25) is 4.79 Å². The SMILES string of the molecule is O=C(c1ccc(Cl)cc1F)c1c[nH]c2ccc(Cl)cc12. The number of hydrogen-bond donors (Lipinski definition) is 1. The van der Waals surface area contributed by atoms with Crippen molar-refractivity contribution in [2.45, 2.75) is 0 Å². The molecule has 0 unspecified atom stereocenters. The second kappa shape index (κ2) is 4.93. The largest absolute Gasteiger partial charge is 0.360 e. The van der Waals surface area contributed by atoms with Gasteiger partial charge in [-0.25, -0.2) is 4.39 Å². The fourth-order valence-electron chi connectivity index (χ4n) is 2.10. The van der Waals surface area contributed by atoms with Gasteiger partial charge < -0.3 is 4.98 Å². The van der Waals surface area contributed by atoms with Gasteiger partial charge in [-0.2, -0.15) is 0 Å². The van der Waals surface area contributed by atoms with Crippen LogP contribution in [0.15, 0.2) is 42.6 Å². The number of H-pyrrole nitrogens is 1. The fourth-order valence-corrected chi connectivity index (χ4v) is 2.43. The molecule has 0 aliphatic rings. The molecule has 0 amide bonds. The molecule has 0 atom stereocenters. The number of aromatic nitrogens is 1. The van der Waals surface area contributed by atoms with Gasteiger partial charge in [0.15, 0.2) is 5.78 Å². The van der Waals surface area contributed by atoms with E-state index >= 15 is 0 Å². The first-order valence-electron chi connectivity index (χ1n) is 5.82. The van der Waals surface area contributed by atoms with Crippen LogP contribution in [0.25, 0.3) is 10.9 Å². The van der Waals surface area contributed by atoms with E-state index < -0.39 is 11.6 Å². The summed E-state index contributed by atoms with van der Waals surface area (Å²) in [5, 5.41) is 1.43. The van der Waals surface area contributed by atoms with Crippen LogP contribution in [-0.4, -0.2) is 10.8 Å². The average Bonchev–Trinajstić information content (AvgIpc) is 2.81. The molecule has 2 aromatic carbocycles. The Hall–Kier alpha value is -1.84. The highest BCUT2D eigenvalue weighted by atomic mass is 35.5. The minimum absolute atomic E-state index is 0.0183. The molecule has 1 N–H and O–H groups in total. The first kappa shape index (κ1) is 13.2. The lowest BCUT2D eigenvalue weighted by Crippen LogP contribution is -2.03. The van der Waals surface area contributed by atoms with Crippen LogP contribution in [-0.2, 0) is 0 Å². The van der Waals surface area contributed by atoms with Crippen LogP contribution in [0.3, 0.4) is 0 Å². The number of rotatable bonds is 2. The van der Waals surface area contributed by atoms with Gasteiger partial charge in [0.1, 0.15) is 5.82 Å². The number of aromatic amines is 1.